The van der Waals surface area contributed by atoms with Gasteiger partial charge in [0.25, 0.3) is 11.2 Å². The molecule has 0 aliphatic carbocycles. The van der Waals surface area contributed by atoms with Gasteiger partial charge in [-0.3, -0.25) is 14.9 Å². The Hall–Kier alpha value is -1.73. The molecule has 13 heavy (non-hydrogen) atoms. The smallest absolute Gasteiger partial charge is 0.286 e. The van der Waals surface area contributed by atoms with Gasteiger partial charge in [0.2, 0.25) is 0 Å². The van der Waals surface area contributed by atoms with Gasteiger partial charge in [0, 0.05) is 6.07 Å². The number of aliphatic hydroxyl groups is 2. The van der Waals surface area contributed by atoms with Crippen molar-refractivity contribution >= 4 is 5.69 Å². The Balaban J connectivity index is 3.27. The number of pyridine rings is 1. The van der Waals surface area contributed by atoms with Gasteiger partial charge in [0.15, 0.2) is 6.29 Å². The molecule has 1 rings (SSSR count). The van der Waals surface area contributed by atoms with Crippen molar-refractivity contribution in [2.45, 2.75) is 6.29 Å². The van der Waals surface area contributed by atoms with Gasteiger partial charge < -0.3 is 15.2 Å². The topological polar surface area (TPSA) is 116 Å². The van der Waals surface area contributed by atoms with Crippen molar-refractivity contribution in [2.75, 3.05) is 0 Å². The van der Waals surface area contributed by atoms with Gasteiger partial charge in [0.05, 0.1) is 16.7 Å². The van der Waals surface area contributed by atoms with Crippen LogP contribution in [0.3, 0.4) is 0 Å². The van der Waals surface area contributed by atoms with E-state index in [4.69, 9.17) is 10.2 Å². The SMILES string of the molecule is O=c1[nH]cc([N+](=O)[O-])cc1C(O)O. The van der Waals surface area contributed by atoms with Crippen LogP contribution in [-0.4, -0.2) is 20.1 Å². The summed E-state index contributed by atoms with van der Waals surface area (Å²) < 4.78 is 0. The quantitative estimate of drug-likeness (QED) is 0.319. The van der Waals surface area contributed by atoms with E-state index in [1.165, 1.54) is 0 Å². The van der Waals surface area contributed by atoms with Crippen LogP contribution in [0.4, 0.5) is 5.69 Å². The minimum Gasteiger partial charge on any atom is -0.364 e. The number of nitrogens with zero attached hydrogens (tertiary/aromatic N) is 1. The second kappa shape index (κ2) is 3.33. The molecule has 0 spiro atoms. The van der Waals surface area contributed by atoms with Crippen LogP contribution in [-0.2, 0) is 0 Å². The van der Waals surface area contributed by atoms with Gasteiger partial charge in [-0.2, -0.15) is 0 Å². The highest BCUT2D eigenvalue weighted by atomic mass is 16.6. The van der Waals surface area contributed by atoms with E-state index in [0.717, 1.165) is 12.3 Å². The maximum absolute atomic E-state index is 10.8. The second-order valence-electron chi connectivity index (χ2n) is 2.27. The third kappa shape index (κ3) is 1.89. The number of rotatable bonds is 2. The predicted molar refractivity (Wildman–Crippen MR) is 40.9 cm³/mol. The van der Waals surface area contributed by atoms with Gasteiger partial charge in [-0.15, -0.1) is 0 Å². The fraction of sp³-hybridized carbons (Fsp3) is 0.167. The zero-order chi connectivity index (χ0) is 10.0. The second-order valence-corrected chi connectivity index (χ2v) is 2.27. The molecule has 70 valence electrons. The largest absolute Gasteiger partial charge is 0.364 e. The fourth-order valence-corrected chi connectivity index (χ4v) is 0.787. The van der Waals surface area contributed by atoms with Crippen LogP contribution < -0.4 is 5.56 Å². The summed E-state index contributed by atoms with van der Waals surface area (Å²) in [5.41, 5.74) is -1.61. The summed E-state index contributed by atoms with van der Waals surface area (Å²) in [6.45, 7) is 0. The predicted octanol–water partition coefficient (Wildman–Crippen LogP) is -0.734. The standard InChI is InChI=1S/C6H6N2O5/c9-5-4(6(10)11)1-3(2-7-5)8(12)13/h1-2,6,10-11H,(H,7,9). The van der Waals surface area contributed by atoms with E-state index < -0.39 is 28.0 Å². The van der Waals surface area contributed by atoms with E-state index in [0.29, 0.717) is 0 Å². The lowest BCUT2D eigenvalue weighted by molar-refractivity contribution is -0.385. The summed E-state index contributed by atoms with van der Waals surface area (Å²) in [5.74, 6) is 0. The summed E-state index contributed by atoms with van der Waals surface area (Å²) in [7, 11) is 0. The Morgan fingerprint density at radius 2 is 2.15 bits per heavy atom. The van der Waals surface area contributed by atoms with Gasteiger partial charge in [-0.1, -0.05) is 0 Å². The number of aliphatic hydroxyl groups excluding tert-OH is 1. The third-order valence-electron chi connectivity index (χ3n) is 1.41. The Morgan fingerprint density at radius 1 is 1.54 bits per heavy atom. The van der Waals surface area contributed by atoms with Crippen molar-refractivity contribution < 1.29 is 15.1 Å². The monoisotopic (exact) mass is 186 g/mol. The molecule has 7 heteroatoms. The number of aromatic nitrogens is 1. The van der Waals surface area contributed by atoms with Crippen molar-refractivity contribution in [2.24, 2.45) is 0 Å². The summed E-state index contributed by atoms with van der Waals surface area (Å²) in [6, 6.07) is 0.809. The molecule has 1 heterocycles. The maximum Gasteiger partial charge on any atom is 0.286 e. The van der Waals surface area contributed by atoms with Crippen LogP contribution in [0.2, 0.25) is 0 Å². The molecule has 7 nitrogen and oxygen atoms in total. The Bertz CT molecular complexity index is 383. The molecule has 0 unspecified atom stereocenters. The minimum absolute atomic E-state index is 0.400. The molecule has 1 aromatic heterocycles. The van der Waals surface area contributed by atoms with Crippen LogP contribution in [0, 0.1) is 10.1 Å². The average molecular weight is 186 g/mol. The van der Waals surface area contributed by atoms with Crippen molar-refractivity contribution in [3.8, 4) is 0 Å². The lowest BCUT2D eigenvalue weighted by Crippen LogP contribution is -2.15. The van der Waals surface area contributed by atoms with Gasteiger partial charge >= 0.3 is 0 Å². The molecule has 0 fully saturated rings. The molecule has 1 aromatic rings. The minimum atomic E-state index is -2.01. The normalized spacial score (nSPS) is 10.4. The lowest BCUT2D eigenvalue weighted by Gasteiger charge is -2.00. The Kier molecular flexibility index (Phi) is 2.40. The van der Waals surface area contributed by atoms with Crippen molar-refractivity contribution in [1.82, 2.24) is 4.98 Å². The summed E-state index contributed by atoms with van der Waals surface area (Å²) in [5, 5.41) is 27.5. The average Bonchev–Trinajstić information content (AvgIpc) is 2.04. The van der Waals surface area contributed by atoms with Crippen LogP contribution in [0.25, 0.3) is 0 Å². The highest BCUT2D eigenvalue weighted by Gasteiger charge is 2.13. The molecule has 0 saturated heterocycles. The van der Waals surface area contributed by atoms with Crippen LogP contribution in [0.5, 0.6) is 0 Å². The molecular formula is C6H6N2O5. The van der Waals surface area contributed by atoms with Crippen LogP contribution in [0.15, 0.2) is 17.1 Å². The number of nitrogens with one attached hydrogen (secondary N) is 1. The molecule has 0 aliphatic heterocycles. The van der Waals surface area contributed by atoms with Gasteiger partial charge in [-0.05, 0) is 0 Å². The maximum atomic E-state index is 10.8. The van der Waals surface area contributed by atoms with E-state index in [1.807, 2.05) is 4.98 Å². The van der Waals surface area contributed by atoms with Crippen molar-refractivity contribution in [3.05, 3.63) is 38.3 Å². The molecule has 0 aliphatic rings. The number of hydrogen-bond donors (Lipinski definition) is 3. The van der Waals surface area contributed by atoms with Crippen molar-refractivity contribution in [3.63, 3.8) is 0 Å². The first-order chi connectivity index (χ1) is 6.02. The third-order valence-corrected chi connectivity index (χ3v) is 1.41. The zero-order valence-electron chi connectivity index (χ0n) is 6.30. The van der Waals surface area contributed by atoms with E-state index >= 15 is 0 Å². The number of H-pyrrole nitrogens is 1. The van der Waals surface area contributed by atoms with E-state index in [9.17, 15) is 14.9 Å². The molecule has 3 N–H and O–H groups in total. The summed E-state index contributed by atoms with van der Waals surface area (Å²) in [4.78, 5) is 22.3. The first-order valence-corrected chi connectivity index (χ1v) is 3.25. The molecule has 0 saturated carbocycles. The van der Waals surface area contributed by atoms with Crippen LogP contribution >= 0.6 is 0 Å². The lowest BCUT2D eigenvalue weighted by atomic mass is 10.2. The van der Waals surface area contributed by atoms with E-state index in [1.54, 1.807) is 0 Å². The highest BCUT2D eigenvalue weighted by Crippen LogP contribution is 2.11. The molecule has 0 radical (unpaired) electrons. The molecule has 0 atom stereocenters. The van der Waals surface area contributed by atoms with Gasteiger partial charge in [0.1, 0.15) is 0 Å². The zero-order valence-corrected chi connectivity index (χ0v) is 6.30. The van der Waals surface area contributed by atoms with Crippen LogP contribution in [0.1, 0.15) is 11.9 Å². The number of nitro groups is 1. The Labute approximate surface area is 71.4 Å². The van der Waals surface area contributed by atoms with E-state index in [2.05, 4.69) is 0 Å². The van der Waals surface area contributed by atoms with E-state index in [-0.39, 0.29) is 0 Å². The first-order valence-electron chi connectivity index (χ1n) is 3.25. The molecule has 0 amide bonds. The molecule has 0 aromatic carbocycles. The Morgan fingerprint density at radius 3 is 2.62 bits per heavy atom. The first kappa shape index (κ1) is 9.36. The van der Waals surface area contributed by atoms with Gasteiger partial charge in [-0.25, -0.2) is 0 Å². The van der Waals surface area contributed by atoms with Crippen molar-refractivity contribution in [1.29, 1.82) is 0 Å². The summed E-state index contributed by atoms with van der Waals surface area (Å²) in [6.07, 6.45) is -1.13. The highest BCUT2D eigenvalue weighted by molar-refractivity contribution is 5.30. The summed E-state index contributed by atoms with van der Waals surface area (Å²) >= 11 is 0. The fourth-order valence-electron chi connectivity index (χ4n) is 0.787. The number of aromatic amines is 1. The molecular weight excluding hydrogens is 180 g/mol. The molecule has 0 bridgehead atoms. The number of hydrogen-bond acceptors (Lipinski definition) is 5.